The van der Waals surface area contributed by atoms with Gasteiger partial charge in [-0.15, -0.1) is 0 Å². The average molecular weight is 431 g/mol. The van der Waals surface area contributed by atoms with E-state index in [0.29, 0.717) is 43.9 Å². The van der Waals surface area contributed by atoms with E-state index in [2.05, 4.69) is 5.32 Å². The highest BCUT2D eigenvalue weighted by Crippen LogP contribution is 2.26. The number of anilines is 1. The summed E-state index contributed by atoms with van der Waals surface area (Å²) < 4.78 is 33.2. The molecule has 30 heavy (non-hydrogen) atoms. The number of hydrogen-bond donors (Lipinski definition) is 1. The highest BCUT2D eigenvalue weighted by atomic mass is 32.2. The molecule has 0 aliphatic carbocycles. The number of carbonyl (C=O) groups is 1. The van der Waals surface area contributed by atoms with E-state index in [9.17, 15) is 13.2 Å². The van der Waals surface area contributed by atoms with Crippen molar-refractivity contribution in [3.05, 3.63) is 58.7 Å². The largest absolute Gasteiger partial charge is 0.379 e. The molecule has 0 radical (unpaired) electrons. The van der Waals surface area contributed by atoms with Gasteiger partial charge in [-0.25, -0.2) is 8.42 Å². The molecule has 3 rings (SSSR count). The zero-order valence-electron chi connectivity index (χ0n) is 17.9. The van der Waals surface area contributed by atoms with Crippen molar-refractivity contribution in [1.29, 1.82) is 0 Å². The molecule has 2 aromatic rings. The van der Waals surface area contributed by atoms with E-state index in [1.165, 1.54) is 10.4 Å². The number of morpholine rings is 1. The van der Waals surface area contributed by atoms with Crippen LogP contribution in [-0.4, -0.2) is 44.9 Å². The van der Waals surface area contributed by atoms with E-state index in [0.717, 1.165) is 29.7 Å². The van der Waals surface area contributed by atoms with Gasteiger partial charge in [-0.3, -0.25) is 4.79 Å². The van der Waals surface area contributed by atoms with Crippen molar-refractivity contribution in [3.8, 4) is 0 Å². The van der Waals surface area contributed by atoms with Crippen LogP contribution >= 0.6 is 0 Å². The summed E-state index contributed by atoms with van der Waals surface area (Å²) in [6.45, 7) is 7.43. The Morgan fingerprint density at radius 2 is 1.57 bits per heavy atom. The molecule has 7 heteroatoms. The van der Waals surface area contributed by atoms with Crippen molar-refractivity contribution in [2.45, 2.75) is 44.9 Å². The summed E-state index contributed by atoms with van der Waals surface area (Å²) in [5, 5.41) is 3.03. The monoisotopic (exact) mass is 430 g/mol. The van der Waals surface area contributed by atoms with Gasteiger partial charge in [-0.05, 0) is 48.1 Å². The highest BCUT2D eigenvalue weighted by Gasteiger charge is 2.29. The smallest absolute Gasteiger partial charge is 0.255 e. The third-order valence-electron chi connectivity index (χ3n) is 5.54. The number of hydrogen-bond acceptors (Lipinski definition) is 4. The maximum atomic E-state index is 13.2. The number of amides is 1. The van der Waals surface area contributed by atoms with Gasteiger partial charge in [0.1, 0.15) is 0 Å². The molecule has 0 bridgehead atoms. The van der Waals surface area contributed by atoms with Crippen LogP contribution in [0.15, 0.2) is 41.3 Å². The first-order valence-electron chi connectivity index (χ1n) is 10.5. The second kappa shape index (κ2) is 9.73. The minimum absolute atomic E-state index is 0.207. The van der Waals surface area contributed by atoms with Crippen molar-refractivity contribution in [2.24, 2.45) is 0 Å². The molecular weight excluding hydrogens is 400 g/mol. The van der Waals surface area contributed by atoms with Gasteiger partial charge in [0.25, 0.3) is 5.91 Å². The fourth-order valence-corrected chi connectivity index (χ4v) is 5.47. The lowest BCUT2D eigenvalue weighted by molar-refractivity contribution is 0.0730. The second-order valence-electron chi connectivity index (χ2n) is 7.31. The lowest BCUT2D eigenvalue weighted by Crippen LogP contribution is -2.41. The Bertz CT molecular complexity index is 990. The number of sulfonamides is 1. The fourth-order valence-electron chi connectivity index (χ4n) is 3.74. The number of rotatable bonds is 7. The summed E-state index contributed by atoms with van der Waals surface area (Å²) in [6.07, 6.45) is 2.17. The van der Waals surface area contributed by atoms with Crippen LogP contribution in [0.2, 0.25) is 0 Å². The Labute approximate surface area is 179 Å². The van der Waals surface area contributed by atoms with Gasteiger partial charge in [-0.1, -0.05) is 45.0 Å². The van der Waals surface area contributed by atoms with Gasteiger partial charge in [0, 0.05) is 24.3 Å². The van der Waals surface area contributed by atoms with Gasteiger partial charge >= 0.3 is 0 Å². The van der Waals surface area contributed by atoms with Crippen molar-refractivity contribution >= 4 is 21.6 Å². The van der Waals surface area contributed by atoms with Crippen LogP contribution in [0.25, 0.3) is 0 Å². The summed E-state index contributed by atoms with van der Waals surface area (Å²) in [7, 11) is -3.69. The minimum Gasteiger partial charge on any atom is -0.379 e. The Morgan fingerprint density at radius 3 is 2.13 bits per heavy atom. The summed E-state index contributed by atoms with van der Waals surface area (Å²) in [5.74, 6) is -0.299. The molecule has 0 spiro atoms. The predicted molar refractivity (Wildman–Crippen MR) is 119 cm³/mol. The number of para-hydroxylation sites is 1. The third-order valence-corrected chi connectivity index (χ3v) is 7.52. The zero-order chi connectivity index (χ0) is 21.7. The van der Waals surface area contributed by atoms with E-state index in [4.69, 9.17) is 4.74 Å². The first kappa shape index (κ1) is 22.5. The maximum absolute atomic E-state index is 13.2. The molecule has 0 aromatic heterocycles. The standard InChI is InChI=1S/C23H30N2O4S/c1-4-17-10-11-20(16-21(17)30(27,28)25-12-14-29-15-13-25)23(26)24-22-18(5-2)8-7-9-19(22)6-3/h7-11,16H,4-6,12-15H2,1-3H3,(H,24,26). The SMILES string of the molecule is CCc1ccc(C(=O)Nc2c(CC)cccc2CC)cc1S(=O)(=O)N1CCOCC1. The topological polar surface area (TPSA) is 75.7 Å². The molecule has 6 nitrogen and oxygen atoms in total. The van der Waals surface area contributed by atoms with Crippen molar-refractivity contribution in [2.75, 3.05) is 31.6 Å². The molecule has 162 valence electrons. The normalized spacial score (nSPS) is 15.2. The molecule has 1 heterocycles. The molecule has 1 saturated heterocycles. The second-order valence-corrected chi connectivity index (χ2v) is 9.21. The van der Waals surface area contributed by atoms with Crippen LogP contribution < -0.4 is 5.32 Å². The van der Waals surface area contributed by atoms with Gasteiger partial charge in [0.15, 0.2) is 0 Å². The van der Waals surface area contributed by atoms with E-state index in [1.54, 1.807) is 12.1 Å². The number of nitrogens with one attached hydrogen (secondary N) is 1. The highest BCUT2D eigenvalue weighted by molar-refractivity contribution is 7.89. The Hall–Kier alpha value is -2.22. The van der Waals surface area contributed by atoms with E-state index in [1.807, 2.05) is 39.0 Å². The summed E-state index contributed by atoms with van der Waals surface area (Å²) >= 11 is 0. The summed E-state index contributed by atoms with van der Waals surface area (Å²) in [6, 6.07) is 11.0. The van der Waals surface area contributed by atoms with Crippen molar-refractivity contribution in [3.63, 3.8) is 0 Å². The van der Waals surface area contributed by atoms with Crippen molar-refractivity contribution < 1.29 is 17.9 Å². The number of benzene rings is 2. The van der Waals surface area contributed by atoms with Crippen LogP contribution in [0.1, 0.15) is 47.8 Å². The first-order valence-corrected chi connectivity index (χ1v) is 12.0. The molecule has 2 aromatic carbocycles. The van der Waals surface area contributed by atoms with Crippen LogP contribution in [-0.2, 0) is 34.0 Å². The van der Waals surface area contributed by atoms with E-state index < -0.39 is 10.0 Å². The predicted octanol–water partition coefficient (Wildman–Crippen LogP) is 3.65. The third kappa shape index (κ3) is 4.58. The molecule has 1 N–H and O–H groups in total. The lowest BCUT2D eigenvalue weighted by Gasteiger charge is -2.27. The molecule has 1 aliphatic heterocycles. The lowest BCUT2D eigenvalue weighted by atomic mass is 10.0. The quantitative estimate of drug-likeness (QED) is 0.728. The summed E-state index contributed by atoms with van der Waals surface area (Å²) in [5.41, 5.74) is 4.00. The minimum atomic E-state index is -3.69. The van der Waals surface area contributed by atoms with Gasteiger partial charge in [-0.2, -0.15) is 4.31 Å². The Balaban J connectivity index is 1.96. The van der Waals surface area contributed by atoms with Crippen LogP contribution in [0.3, 0.4) is 0 Å². The number of carbonyl (C=O) groups excluding carboxylic acids is 1. The Kier molecular flexibility index (Phi) is 7.28. The Morgan fingerprint density at radius 1 is 0.967 bits per heavy atom. The number of nitrogens with zero attached hydrogens (tertiary/aromatic N) is 1. The molecule has 0 saturated carbocycles. The van der Waals surface area contributed by atoms with E-state index in [-0.39, 0.29) is 10.8 Å². The zero-order valence-corrected chi connectivity index (χ0v) is 18.7. The van der Waals surface area contributed by atoms with Gasteiger partial charge in [0.05, 0.1) is 18.1 Å². The molecule has 1 aliphatic rings. The summed E-state index contributed by atoms with van der Waals surface area (Å²) in [4.78, 5) is 13.3. The molecule has 1 fully saturated rings. The van der Waals surface area contributed by atoms with E-state index >= 15 is 0 Å². The average Bonchev–Trinajstić information content (AvgIpc) is 2.79. The van der Waals surface area contributed by atoms with Crippen LogP contribution in [0.5, 0.6) is 0 Å². The molecular formula is C23H30N2O4S. The molecule has 1 amide bonds. The first-order chi connectivity index (χ1) is 14.4. The fraction of sp³-hybridized carbons (Fsp3) is 0.435. The molecule has 0 atom stereocenters. The van der Waals surface area contributed by atoms with Gasteiger partial charge < -0.3 is 10.1 Å². The number of ether oxygens (including phenoxy) is 1. The molecule has 0 unspecified atom stereocenters. The van der Waals surface area contributed by atoms with Crippen LogP contribution in [0.4, 0.5) is 5.69 Å². The van der Waals surface area contributed by atoms with Gasteiger partial charge in [0.2, 0.25) is 10.0 Å². The van der Waals surface area contributed by atoms with Crippen molar-refractivity contribution in [1.82, 2.24) is 4.31 Å². The maximum Gasteiger partial charge on any atom is 0.255 e. The number of aryl methyl sites for hydroxylation is 3. The van der Waals surface area contributed by atoms with Crippen LogP contribution in [0, 0.1) is 0 Å².